The van der Waals surface area contributed by atoms with Crippen molar-refractivity contribution in [2.24, 2.45) is 0 Å². The molecule has 17 heavy (non-hydrogen) atoms. The van der Waals surface area contributed by atoms with Crippen molar-refractivity contribution in [3.63, 3.8) is 0 Å². The van der Waals surface area contributed by atoms with Crippen LogP contribution in [0.4, 0.5) is 26.3 Å². The van der Waals surface area contributed by atoms with Gasteiger partial charge in [0.2, 0.25) is 0 Å². The summed E-state index contributed by atoms with van der Waals surface area (Å²) in [5.41, 5.74) is 0. The summed E-state index contributed by atoms with van der Waals surface area (Å²) in [6.07, 6.45) is -4.37. The highest BCUT2D eigenvalue weighted by Crippen LogP contribution is 2.39. The lowest BCUT2D eigenvalue weighted by atomic mass is 10.1. The minimum atomic E-state index is -5.30. The van der Waals surface area contributed by atoms with Crippen LogP contribution in [0.25, 0.3) is 0 Å². The van der Waals surface area contributed by atoms with E-state index in [1.807, 2.05) is 13.8 Å². The van der Waals surface area contributed by atoms with Gasteiger partial charge in [0.05, 0.1) is 6.54 Å². The van der Waals surface area contributed by atoms with Crippen LogP contribution in [0, 0.1) is 0 Å². The van der Waals surface area contributed by atoms with Crippen molar-refractivity contribution in [3.05, 3.63) is 0 Å². The highest BCUT2D eigenvalue weighted by molar-refractivity contribution is 4.89. The lowest BCUT2D eigenvalue weighted by Gasteiger charge is -2.31. The third kappa shape index (κ3) is 5.14. The second kappa shape index (κ2) is 7.08. The average Bonchev–Trinajstić information content (AvgIpc) is 2.19. The van der Waals surface area contributed by atoms with Gasteiger partial charge in [0.25, 0.3) is 0 Å². The van der Waals surface area contributed by atoms with Crippen molar-refractivity contribution in [1.29, 1.82) is 0 Å². The molecule has 0 aliphatic heterocycles. The normalized spacial score (nSPS) is 13.1. The molecule has 0 unspecified atom stereocenters. The Labute approximate surface area is 97.8 Å². The van der Waals surface area contributed by atoms with E-state index in [-0.39, 0.29) is 0 Å². The monoisotopic (exact) mass is 267 g/mol. The molecule has 7 heteroatoms. The molecule has 0 fully saturated rings. The maximum Gasteiger partial charge on any atom is 0.370 e. The fraction of sp³-hybridized carbons (Fsp3) is 1.00. The van der Waals surface area contributed by atoms with Crippen LogP contribution in [0.3, 0.4) is 0 Å². The van der Waals surface area contributed by atoms with Crippen molar-refractivity contribution in [3.8, 4) is 0 Å². The smallest absolute Gasteiger partial charge is 0.298 e. The van der Waals surface area contributed by atoms with Crippen LogP contribution >= 0.6 is 0 Å². The molecule has 0 saturated carbocycles. The summed E-state index contributed by atoms with van der Waals surface area (Å²) in [4.78, 5) is 0.885. The minimum absolute atomic E-state index is 0.427. The molecular formula is C10H19F6N. The summed E-state index contributed by atoms with van der Waals surface area (Å²) in [5.74, 6) is -10.0. The second-order valence-corrected chi connectivity index (χ2v) is 3.64. The molecule has 0 rings (SSSR count). The Balaban J connectivity index is 0. The van der Waals surface area contributed by atoms with Crippen LogP contribution in [0.5, 0.6) is 0 Å². The summed E-state index contributed by atoms with van der Waals surface area (Å²) in [6, 6.07) is -0.427. The van der Waals surface area contributed by atoms with Gasteiger partial charge in [0, 0.05) is 6.04 Å². The van der Waals surface area contributed by atoms with Crippen LogP contribution in [-0.4, -0.2) is 42.8 Å². The molecule has 0 amide bonds. The third-order valence-electron chi connectivity index (χ3n) is 2.09. The molecule has 0 spiro atoms. The molecule has 0 aromatic rings. The molecule has 1 nitrogen and oxygen atoms in total. The molecule has 0 aliphatic rings. The first kappa shape index (κ1) is 18.9. The predicted octanol–water partition coefficient (Wildman–Crippen LogP) is 3.89. The second-order valence-electron chi connectivity index (χ2n) is 3.64. The van der Waals surface area contributed by atoms with Crippen molar-refractivity contribution < 1.29 is 26.3 Å². The van der Waals surface area contributed by atoms with Crippen LogP contribution in [-0.2, 0) is 0 Å². The lowest BCUT2D eigenvalue weighted by Crippen LogP contribution is -2.53. The van der Waals surface area contributed by atoms with E-state index in [0.717, 1.165) is 4.90 Å². The quantitative estimate of drug-likeness (QED) is 0.683. The number of rotatable bonds is 5. The predicted molar refractivity (Wildman–Crippen MR) is 55.0 cm³/mol. The molecule has 0 N–H and O–H groups in total. The Bertz CT molecular complexity index is 205. The van der Waals surface area contributed by atoms with Gasteiger partial charge in [-0.1, -0.05) is 13.8 Å². The van der Waals surface area contributed by atoms with Gasteiger partial charge in [-0.25, -0.2) is 8.78 Å². The average molecular weight is 267 g/mol. The van der Waals surface area contributed by atoms with Gasteiger partial charge >= 0.3 is 18.3 Å². The van der Waals surface area contributed by atoms with Crippen LogP contribution < -0.4 is 0 Å². The fourth-order valence-electron chi connectivity index (χ4n) is 0.761. The first-order chi connectivity index (χ1) is 7.52. The van der Waals surface area contributed by atoms with Gasteiger partial charge in [0.1, 0.15) is 0 Å². The van der Waals surface area contributed by atoms with Crippen molar-refractivity contribution in [2.75, 3.05) is 13.6 Å². The molecule has 0 bridgehead atoms. The van der Waals surface area contributed by atoms with Gasteiger partial charge in [0.15, 0.2) is 0 Å². The molecule has 0 aromatic heterocycles. The Hall–Kier alpha value is -0.460. The molecule has 0 heterocycles. The highest BCUT2D eigenvalue weighted by Gasteiger charge is 2.62. The van der Waals surface area contributed by atoms with E-state index in [1.165, 1.54) is 20.9 Å². The molecule has 0 aliphatic carbocycles. The van der Waals surface area contributed by atoms with Crippen LogP contribution in [0.1, 0.15) is 27.7 Å². The molecular weight excluding hydrogens is 248 g/mol. The Morgan fingerprint density at radius 2 is 1.35 bits per heavy atom. The zero-order chi connectivity index (χ0) is 14.4. The minimum Gasteiger partial charge on any atom is -0.298 e. The molecule has 0 aromatic carbocycles. The Kier molecular flexibility index (Phi) is 7.87. The number of nitrogens with zero attached hydrogens (tertiary/aromatic N) is 1. The van der Waals surface area contributed by atoms with Crippen molar-refractivity contribution >= 4 is 0 Å². The first-order valence-corrected chi connectivity index (χ1v) is 5.26. The maximum atomic E-state index is 12.8. The third-order valence-corrected chi connectivity index (χ3v) is 2.09. The van der Waals surface area contributed by atoms with Gasteiger partial charge in [-0.3, -0.25) is 4.90 Å². The summed E-state index contributed by atoms with van der Waals surface area (Å²) in [5, 5.41) is 0. The number of hydrogen-bond acceptors (Lipinski definition) is 1. The SMILES string of the molecule is CC.CC(C)N(C)CC(F)(F)C(F)(F)C(F)F. The summed E-state index contributed by atoms with van der Waals surface area (Å²) >= 11 is 0. The topological polar surface area (TPSA) is 3.24 Å². The number of halogens is 6. The fourth-order valence-corrected chi connectivity index (χ4v) is 0.761. The van der Waals surface area contributed by atoms with E-state index in [9.17, 15) is 26.3 Å². The standard InChI is InChI=1S/C8H13F6N.C2H6/c1-5(2)15(3)4-7(11,12)8(13,14)6(9)10;1-2/h5-6H,4H2,1-3H3;1-2H3. The largest absolute Gasteiger partial charge is 0.370 e. The van der Waals surface area contributed by atoms with E-state index in [4.69, 9.17) is 0 Å². The Morgan fingerprint density at radius 3 is 1.59 bits per heavy atom. The zero-order valence-corrected chi connectivity index (χ0v) is 10.6. The number of alkyl halides is 6. The van der Waals surface area contributed by atoms with Crippen molar-refractivity contribution in [1.82, 2.24) is 4.90 Å². The van der Waals surface area contributed by atoms with E-state index >= 15 is 0 Å². The van der Waals surface area contributed by atoms with Crippen LogP contribution in [0.2, 0.25) is 0 Å². The van der Waals surface area contributed by atoms with Gasteiger partial charge in [-0.15, -0.1) is 0 Å². The van der Waals surface area contributed by atoms with E-state index in [1.54, 1.807) is 0 Å². The van der Waals surface area contributed by atoms with E-state index in [0.29, 0.717) is 0 Å². The van der Waals surface area contributed by atoms with Crippen LogP contribution in [0.15, 0.2) is 0 Å². The lowest BCUT2D eigenvalue weighted by molar-refractivity contribution is -0.268. The molecule has 0 saturated heterocycles. The van der Waals surface area contributed by atoms with E-state index < -0.39 is 30.9 Å². The first-order valence-electron chi connectivity index (χ1n) is 5.26. The summed E-state index contributed by atoms with van der Waals surface area (Å²) in [6.45, 7) is 5.59. The molecule has 0 radical (unpaired) electrons. The Morgan fingerprint density at radius 1 is 1.00 bits per heavy atom. The maximum absolute atomic E-state index is 12.8. The molecule has 0 atom stereocenters. The molecule has 106 valence electrons. The summed E-state index contributed by atoms with van der Waals surface area (Å²) < 4.78 is 73.8. The summed E-state index contributed by atoms with van der Waals surface area (Å²) in [7, 11) is 1.17. The van der Waals surface area contributed by atoms with Gasteiger partial charge in [-0.05, 0) is 20.9 Å². The van der Waals surface area contributed by atoms with Crippen molar-refractivity contribution in [2.45, 2.75) is 52.0 Å². The van der Waals surface area contributed by atoms with Gasteiger partial charge < -0.3 is 0 Å². The van der Waals surface area contributed by atoms with Gasteiger partial charge in [-0.2, -0.15) is 17.6 Å². The van der Waals surface area contributed by atoms with E-state index in [2.05, 4.69) is 0 Å². The zero-order valence-electron chi connectivity index (χ0n) is 10.6. The number of hydrogen-bond donors (Lipinski definition) is 0. The highest BCUT2D eigenvalue weighted by atomic mass is 19.3.